The summed E-state index contributed by atoms with van der Waals surface area (Å²) in [5.41, 5.74) is 6.10. The first-order chi connectivity index (χ1) is 11.2. The largest absolute Gasteiger partial charge is 0.481 e. The zero-order chi connectivity index (χ0) is 16.2. The number of benzene rings is 1. The van der Waals surface area contributed by atoms with Gasteiger partial charge >= 0.3 is 5.97 Å². The van der Waals surface area contributed by atoms with Crippen LogP contribution in [-0.4, -0.2) is 27.0 Å². The van der Waals surface area contributed by atoms with Crippen molar-refractivity contribution in [1.29, 1.82) is 0 Å². The molecule has 1 aromatic heterocycles. The quantitative estimate of drug-likeness (QED) is 0.587. The van der Waals surface area contributed by atoms with Gasteiger partial charge < -0.3 is 5.11 Å². The standard InChI is InChI=1S/C16H16N4O3/c21-15(10-5-1-2-6-11(10)16(22)23)20-19-14-12-7-3-4-8-13(12)17-9-18-14/h1-4,7-11H,5-6H2,(H,20,21)(H,22,23)(H,17,18,19). The number of fused-ring (bicyclic) bond motifs is 1. The molecule has 1 aliphatic rings. The van der Waals surface area contributed by atoms with Crippen LogP contribution in [-0.2, 0) is 9.59 Å². The van der Waals surface area contributed by atoms with E-state index in [0.717, 1.165) is 10.9 Å². The second-order valence-corrected chi connectivity index (χ2v) is 5.35. The lowest BCUT2D eigenvalue weighted by Crippen LogP contribution is -2.41. The van der Waals surface area contributed by atoms with Crippen LogP contribution in [0.25, 0.3) is 10.9 Å². The van der Waals surface area contributed by atoms with Crippen LogP contribution in [0.5, 0.6) is 0 Å². The van der Waals surface area contributed by atoms with E-state index in [4.69, 9.17) is 0 Å². The molecule has 0 bridgehead atoms. The van der Waals surface area contributed by atoms with E-state index in [9.17, 15) is 14.7 Å². The van der Waals surface area contributed by atoms with Gasteiger partial charge in [-0.15, -0.1) is 0 Å². The Bertz CT molecular complexity index is 770. The number of hydrazine groups is 1. The first-order valence-corrected chi connectivity index (χ1v) is 7.30. The number of rotatable bonds is 4. The normalized spacial score (nSPS) is 20.2. The van der Waals surface area contributed by atoms with Crippen LogP contribution < -0.4 is 10.9 Å². The predicted molar refractivity (Wildman–Crippen MR) is 84.3 cm³/mol. The molecular weight excluding hydrogens is 296 g/mol. The Hall–Kier alpha value is -2.96. The molecule has 2 aromatic rings. The maximum Gasteiger partial charge on any atom is 0.307 e. The Labute approximate surface area is 132 Å². The smallest absolute Gasteiger partial charge is 0.307 e. The summed E-state index contributed by atoms with van der Waals surface area (Å²) >= 11 is 0. The van der Waals surface area contributed by atoms with Crippen LogP contribution in [0.2, 0.25) is 0 Å². The minimum absolute atomic E-state index is 0.357. The number of hydrogen-bond donors (Lipinski definition) is 3. The topological polar surface area (TPSA) is 104 Å². The number of carbonyl (C=O) groups excluding carboxylic acids is 1. The number of para-hydroxylation sites is 1. The lowest BCUT2D eigenvalue weighted by molar-refractivity contribution is -0.147. The van der Waals surface area contributed by atoms with E-state index >= 15 is 0 Å². The van der Waals surface area contributed by atoms with Gasteiger partial charge in [0.2, 0.25) is 5.91 Å². The first kappa shape index (κ1) is 15.0. The molecule has 0 radical (unpaired) electrons. The summed E-state index contributed by atoms with van der Waals surface area (Å²) in [5, 5.41) is 10.0. The highest BCUT2D eigenvalue weighted by molar-refractivity contribution is 5.90. The number of aliphatic carboxylic acids is 1. The van der Waals surface area contributed by atoms with E-state index < -0.39 is 17.8 Å². The van der Waals surface area contributed by atoms with Gasteiger partial charge in [0.15, 0.2) is 5.82 Å². The summed E-state index contributed by atoms with van der Waals surface area (Å²) in [6, 6.07) is 7.40. The van der Waals surface area contributed by atoms with Gasteiger partial charge in [-0.25, -0.2) is 9.97 Å². The van der Waals surface area contributed by atoms with Crippen molar-refractivity contribution < 1.29 is 14.7 Å². The van der Waals surface area contributed by atoms with Crippen molar-refractivity contribution in [3.63, 3.8) is 0 Å². The zero-order valence-electron chi connectivity index (χ0n) is 12.3. The molecule has 3 N–H and O–H groups in total. The maximum absolute atomic E-state index is 12.3. The number of carboxylic acids is 1. The Morgan fingerprint density at radius 2 is 1.83 bits per heavy atom. The predicted octanol–water partition coefficient (Wildman–Crippen LogP) is 1.74. The first-order valence-electron chi connectivity index (χ1n) is 7.30. The van der Waals surface area contributed by atoms with Crippen LogP contribution in [0, 0.1) is 11.8 Å². The Morgan fingerprint density at radius 3 is 2.61 bits per heavy atom. The molecular formula is C16H16N4O3. The molecule has 1 amide bonds. The molecule has 23 heavy (non-hydrogen) atoms. The van der Waals surface area contributed by atoms with Crippen LogP contribution in [0.4, 0.5) is 5.82 Å². The highest BCUT2D eigenvalue weighted by Gasteiger charge is 2.33. The number of amides is 1. The average molecular weight is 312 g/mol. The molecule has 1 aliphatic carbocycles. The fraction of sp³-hybridized carbons (Fsp3) is 0.250. The molecule has 0 aliphatic heterocycles. The Balaban J connectivity index is 1.73. The fourth-order valence-electron chi connectivity index (χ4n) is 2.69. The van der Waals surface area contributed by atoms with Crippen molar-refractivity contribution in [3.8, 4) is 0 Å². The van der Waals surface area contributed by atoms with Crippen molar-refractivity contribution in [3.05, 3.63) is 42.7 Å². The van der Waals surface area contributed by atoms with Gasteiger partial charge in [-0.2, -0.15) is 0 Å². The number of carbonyl (C=O) groups is 2. The average Bonchev–Trinajstić information content (AvgIpc) is 2.59. The van der Waals surface area contributed by atoms with Crippen molar-refractivity contribution in [2.45, 2.75) is 12.8 Å². The molecule has 1 aromatic carbocycles. The van der Waals surface area contributed by atoms with Crippen LogP contribution in [0.3, 0.4) is 0 Å². The summed E-state index contributed by atoms with van der Waals surface area (Å²) in [5.74, 6) is -2.14. The molecule has 0 saturated carbocycles. The summed E-state index contributed by atoms with van der Waals surface area (Å²) in [6.45, 7) is 0. The molecule has 118 valence electrons. The van der Waals surface area contributed by atoms with Crippen LogP contribution >= 0.6 is 0 Å². The number of aromatic nitrogens is 2. The van der Waals surface area contributed by atoms with Gasteiger partial charge in [0.25, 0.3) is 0 Å². The van der Waals surface area contributed by atoms with Gasteiger partial charge in [0, 0.05) is 5.39 Å². The molecule has 2 atom stereocenters. The van der Waals surface area contributed by atoms with Crippen molar-refractivity contribution in [2.24, 2.45) is 11.8 Å². The number of hydrogen-bond acceptors (Lipinski definition) is 5. The molecule has 2 unspecified atom stereocenters. The fourth-order valence-corrected chi connectivity index (χ4v) is 2.69. The minimum atomic E-state index is -0.956. The van der Waals surface area contributed by atoms with E-state index in [1.807, 2.05) is 30.3 Å². The molecule has 7 heteroatoms. The summed E-state index contributed by atoms with van der Waals surface area (Å²) < 4.78 is 0. The van der Waals surface area contributed by atoms with Gasteiger partial charge in [-0.05, 0) is 25.0 Å². The third-order valence-corrected chi connectivity index (χ3v) is 3.93. The number of allylic oxidation sites excluding steroid dienone is 2. The van der Waals surface area contributed by atoms with Crippen molar-refractivity contribution >= 4 is 28.6 Å². The second kappa shape index (κ2) is 6.43. The lowest BCUT2D eigenvalue weighted by Gasteiger charge is -2.24. The number of nitrogens with zero attached hydrogens (tertiary/aromatic N) is 2. The number of carboxylic acid groups (broad SMARTS) is 1. The molecule has 0 fully saturated rings. The summed E-state index contributed by atoms with van der Waals surface area (Å²) in [4.78, 5) is 31.8. The summed E-state index contributed by atoms with van der Waals surface area (Å²) in [7, 11) is 0. The van der Waals surface area contributed by atoms with Crippen molar-refractivity contribution in [2.75, 3.05) is 5.43 Å². The van der Waals surface area contributed by atoms with Crippen molar-refractivity contribution in [1.82, 2.24) is 15.4 Å². The van der Waals surface area contributed by atoms with Gasteiger partial charge in [-0.1, -0.05) is 24.3 Å². The maximum atomic E-state index is 12.3. The number of anilines is 1. The van der Waals surface area contributed by atoms with E-state index in [1.165, 1.54) is 6.33 Å². The van der Waals surface area contributed by atoms with E-state index in [2.05, 4.69) is 20.8 Å². The molecule has 0 saturated heterocycles. The Kier molecular flexibility index (Phi) is 4.18. The molecule has 0 spiro atoms. The SMILES string of the molecule is O=C(O)C1CC=CCC1C(=O)NNc1ncnc2ccccc12. The lowest BCUT2D eigenvalue weighted by atomic mass is 9.82. The zero-order valence-corrected chi connectivity index (χ0v) is 12.3. The third kappa shape index (κ3) is 3.13. The number of nitrogens with one attached hydrogen (secondary N) is 2. The van der Waals surface area contributed by atoms with Crippen LogP contribution in [0.1, 0.15) is 12.8 Å². The van der Waals surface area contributed by atoms with E-state index in [1.54, 1.807) is 6.08 Å². The molecule has 7 nitrogen and oxygen atoms in total. The minimum Gasteiger partial charge on any atom is -0.481 e. The van der Waals surface area contributed by atoms with E-state index in [-0.39, 0.29) is 5.91 Å². The summed E-state index contributed by atoms with van der Waals surface area (Å²) in [6.07, 6.45) is 5.82. The van der Waals surface area contributed by atoms with Gasteiger partial charge in [-0.3, -0.25) is 20.4 Å². The third-order valence-electron chi connectivity index (χ3n) is 3.93. The van der Waals surface area contributed by atoms with E-state index in [0.29, 0.717) is 18.7 Å². The van der Waals surface area contributed by atoms with Crippen LogP contribution in [0.15, 0.2) is 42.7 Å². The Morgan fingerprint density at radius 1 is 1.09 bits per heavy atom. The highest BCUT2D eigenvalue weighted by atomic mass is 16.4. The highest BCUT2D eigenvalue weighted by Crippen LogP contribution is 2.26. The monoisotopic (exact) mass is 312 g/mol. The van der Waals surface area contributed by atoms with Gasteiger partial charge in [0.05, 0.1) is 17.4 Å². The molecule has 3 rings (SSSR count). The molecule has 1 heterocycles. The van der Waals surface area contributed by atoms with Gasteiger partial charge in [0.1, 0.15) is 6.33 Å². The second-order valence-electron chi connectivity index (χ2n) is 5.35.